The first-order valence-electron chi connectivity index (χ1n) is 8.69. The summed E-state index contributed by atoms with van der Waals surface area (Å²) in [7, 11) is 4.74. The lowest BCUT2D eigenvalue weighted by Crippen LogP contribution is -2.20. The van der Waals surface area contributed by atoms with Crippen molar-refractivity contribution in [3.63, 3.8) is 0 Å². The van der Waals surface area contributed by atoms with E-state index in [1.165, 1.54) is 6.33 Å². The molecule has 0 aliphatic carbocycles. The zero-order chi connectivity index (χ0) is 20.5. The second kappa shape index (κ2) is 7.85. The van der Waals surface area contributed by atoms with Gasteiger partial charge in [0.1, 0.15) is 12.4 Å². The van der Waals surface area contributed by atoms with Crippen LogP contribution in [0.3, 0.4) is 0 Å². The Morgan fingerprint density at radius 1 is 1.00 bits per heavy atom. The maximum atomic E-state index is 6.43. The number of aromatic nitrogens is 3. The number of ether oxygens (including phenoxy) is 3. The number of halogens is 2. The Hall–Kier alpha value is -2.90. The van der Waals surface area contributed by atoms with E-state index in [4.69, 9.17) is 37.4 Å². The van der Waals surface area contributed by atoms with Crippen molar-refractivity contribution >= 4 is 34.8 Å². The highest BCUT2D eigenvalue weighted by Crippen LogP contribution is 2.42. The van der Waals surface area contributed by atoms with Gasteiger partial charge in [0, 0.05) is 16.3 Å². The molecule has 0 spiro atoms. The van der Waals surface area contributed by atoms with Crippen molar-refractivity contribution in [2.45, 2.75) is 6.04 Å². The molecule has 0 amide bonds. The first-order chi connectivity index (χ1) is 14.0. The van der Waals surface area contributed by atoms with E-state index in [2.05, 4.69) is 15.4 Å². The molecule has 9 heteroatoms. The number of benzene rings is 2. The van der Waals surface area contributed by atoms with Crippen LogP contribution in [-0.4, -0.2) is 36.1 Å². The molecule has 0 saturated carbocycles. The number of nitrogens with one attached hydrogen (secondary N) is 1. The van der Waals surface area contributed by atoms with E-state index in [1.807, 2.05) is 24.3 Å². The van der Waals surface area contributed by atoms with E-state index < -0.39 is 0 Å². The van der Waals surface area contributed by atoms with Gasteiger partial charge in [0.25, 0.3) is 0 Å². The fourth-order valence-electron chi connectivity index (χ4n) is 3.31. The van der Waals surface area contributed by atoms with Gasteiger partial charge in [0.05, 0.1) is 26.4 Å². The lowest BCUT2D eigenvalue weighted by molar-refractivity contribution is 0.323. The first-order valence-corrected chi connectivity index (χ1v) is 9.45. The number of methoxy groups -OCH3 is 3. The van der Waals surface area contributed by atoms with E-state index in [9.17, 15) is 0 Å². The van der Waals surface area contributed by atoms with Crippen LogP contribution in [0.5, 0.6) is 17.2 Å². The third-order valence-electron chi connectivity index (χ3n) is 4.66. The molecule has 1 N–H and O–H groups in total. The molecule has 29 heavy (non-hydrogen) atoms. The van der Waals surface area contributed by atoms with Crippen LogP contribution >= 0.6 is 23.2 Å². The lowest BCUT2D eigenvalue weighted by atomic mass is 10.0. The smallest absolute Gasteiger partial charge is 0.226 e. The third-order valence-corrected chi connectivity index (χ3v) is 5.21. The van der Waals surface area contributed by atoms with Crippen LogP contribution in [0.4, 0.5) is 5.95 Å². The van der Waals surface area contributed by atoms with Crippen LogP contribution in [-0.2, 0) is 0 Å². The van der Waals surface area contributed by atoms with Crippen molar-refractivity contribution < 1.29 is 14.2 Å². The van der Waals surface area contributed by atoms with Gasteiger partial charge < -0.3 is 19.5 Å². The van der Waals surface area contributed by atoms with Crippen molar-refractivity contribution in [1.29, 1.82) is 0 Å². The summed E-state index contributed by atoms with van der Waals surface area (Å²) in [5, 5.41) is 8.74. The van der Waals surface area contributed by atoms with Gasteiger partial charge in [-0.25, -0.2) is 4.68 Å². The maximum Gasteiger partial charge on any atom is 0.226 e. The molecule has 1 aliphatic rings. The number of fused-ring (bicyclic) bond motifs is 1. The summed E-state index contributed by atoms with van der Waals surface area (Å²) in [5.41, 5.74) is 2.49. The van der Waals surface area contributed by atoms with E-state index in [-0.39, 0.29) is 6.04 Å². The summed E-state index contributed by atoms with van der Waals surface area (Å²) < 4.78 is 18.2. The number of anilines is 1. The third kappa shape index (κ3) is 3.47. The number of allylic oxidation sites excluding steroid dienone is 1. The van der Waals surface area contributed by atoms with E-state index >= 15 is 0 Å². The molecular formula is C20H18Cl2N4O3. The fourth-order valence-corrected chi connectivity index (χ4v) is 3.82. The zero-order valence-corrected chi connectivity index (χ0v) is 17.5. The Morgan fingerprint density at radius 3 is 2.34 bits per heavy atom. The number of nitrogens with zero attached hydrogens (tertiary/aromatic N) is 3. The van der Waals surface area contributed by atoms with Gasteiger partial charge >= 0.3 is 0 Å². The number of hydrogen-bond acceptors (Lipinski definition) is 6. The summed E-state index contributed by atoms with van der Waals surface area (Å²) in [6.07, 6.45) is 3.51. The summed E-state index contributed by atoms with van der Waals surface area (Å²) in [6, 6.07) is 8.86. The molecule has 150 valence electrons. The highest BCUT2D eigenvalue weighted by atomic mass is 35.5. The van der Waals surface area contributed by atoms with Crippen molar-refractivity contribution in [3.05, 3.63) is 63.9 Å². The molecule has 4 rings (SSSR count). The Bertz CT molecular complexity index is 1070. The van der Waals surface area contributed by atoms with Crippen molar-refractivity contribution in [2.24, 2.45) is 0 Å². The number of hydrogen-bond donors (Lipinski definition) is 1. The topological polar surface area (TPSA) is 70.4 Å². The van der Waals surface area contributed by atoms with Gasteiger partial charge in [-0.1, -0.05) is 23.2 Å². The van der Waals surface area contributed by atoms with E-state index in [0.717, 1.165) is 16.8 Å². The van der Waals surface area contributed by atoms with Crippen molar-refractivity contribution in [2.75, 3.05) is 26.6 Å². The monoisotopic (exact) mass is 432 g/mol. The average Bonchev–Trinajstić information content (AvgIpc) is 3.20. The lowest BCUT2D eigenvalue weighted by Gasteiger charge is -2.26. The molecule has 3 aromatic rings. The van der Waals surface area contributed by atoms with Crippen LogP contribution in [0.25, 0.3) is 5.70 Å². The molecule has 1 unspecified atom stereocenters. The molecule has 2 aromatic carbocycles. The molecule has 2 heterocycles. The van der Waals surface area contributed by atoms with Crippen LogP contribution in [0.2, 0.25) is 10.0 Å². The Kier molecular flexibility index (Phi) is 5.25. The van der Waals surface area contributed by atoms with Crippen LogP contribution in [0, 0.1) is 0 Å². The summed E-state index contributed by atoms with van der Waals surface area (Å²) in [4.78, 5) is 4.32. The van der Waals surface area contributed by atoms with Crippen LogP contribution in [0.1, 0.15) is 17.2 Å². The molecule has 0 saturated heterocycles. The van der Waals surface area contributed by atoms with Crippen molar-refractivity contribution in [3.8, 4) is 17.2 Å². The highest BCUT2D eigenvalue weighted by Gasteiger charge is 2.26. The molecule has 1 aliphatic heterocycles. The minimum Gasteiger partial charge on any atom is -0.493 e. The van der Waals surface area contributed by atoms with Gasteiger partial charge in [-0.2, -0.15) is 10.1 Å². The standard InChI is InChI=1S/C20H18Cl2N4O3/c1-27-17-6-11(7-18(28-2)19(17)29-3)16-9-15(25-20-23-10-24-26(16)20)13-5-4-12(21)8-14(13)22/h4-10,16H,1-3H3,(H,23,24,25). The fraction of sp³-hybridized carbons (Fsp3) is 0.200. The molecule has 0 bridgehead atoms. The van der Waals surface area contributed by atoms with Gasteiger partial charge in [-0.05, 0) is 42.0 Å². The first kappa shape index (κ1) is 19.4. The predicted octanol–water partition coefficient (Wildman–Crippen LogP) is 4.67. The second-order valence-corrected chi connectivity index (χ2v) is 7.10. The Labute approximate surface area is 177 Å². The minimum atomic E-state index is -0.274. The van der Waals surface area contributed by atoms with E-state index in [1.54, 1.807) is 38.1 Å². The molecule has 0 fully saturated rings. The normalized spacial score (nSPS) is 15.2. The quantitative estimate of drug-likeness (QED) is 0.631. The summed E-state index contributed by atoms with van der Waals surface area (Å²) in [6.45, 7) is 0. The molecular weight excluding hydrogens is 415 g/mol. The van der Waals surface area contributed by atoms with Crippen molar-refractivity contribution in [1.82, 2.24) is 14.8 Å². The van der Waals surface area contributed by atoms with Crippen LogP contribution in [0.15, 0.2) is 42.7 Å². The molecule has 1 atom stereocenters. The van der Waals surface area contributed by atoms with Gasteiger partial charge in [-0.15, -0.1) is 0 Å². The average molecular weight is 433 g/mol. The number of rotatable bonds is 5. The highest BCUT2D eigenvalue weighted by molar-refractivity contribution is 6.35. The molecule has 7 nitrogen and oxygen atoms in total. The second-order valence-electron chi connectivity index (χ2n) is 6.26. The molecule has 0 radical (unpaired) electrons. The predicted molar refractivity (Wildman–Crippen MR) is 112 cm³/mol. The largest absolute Gasteiger partial charge is 0.493 e. The SMILES string of the molecule is COc1cc(C2C=C(c3ccc(Cl)cc3Cl)Nc3ncnn32)cc(OC)c1OC. The van der Waals surface area contributed by atoms with Gasteiger partial charge in [0.2, 0.25) is 11.7 Å². The minimum absolute atomic E-state index is 0.274. The van der Waals surface area contributed by atoms with E-state index in [0.29, 0.717) is 33.2 Å². The maximum absolute atomic E-state index is 6.43. The Morgan fingerprint density at radius 2 is 1.72 bits per heavy atom. The van der Waals surface area contributed by atoms with Gasteiger partial charge in [-0.3, -0.25) is 0 Å². The Balaban J connectivity index is 1.87. The van der Waals surface area contributed by atoms with Gasteiger partial charge in [0.15, 0.2) is 11.5 Å². The molecule has 1 aromatic heterocycles. The summed E-state index contributed by atoms with van der Waals surface area (Å²) in [5.74, 6) is 2.23. The summed E-state index contributed by atoms with van der Waals surface area (Å²) >= 11 is 12.5. The van der Waals surface area contributed by atoms with Crippen LogP contribution < -0.4 is 19.5 Å². The zero-order valence-electron chi connectivity index (χ0n) is 15.9.